The quantitative estimate of drug-likeness (QED) is 0.701. The standard InChI is InChI=1S/C16H14N2O/c1-11-9-16(14-7-2-3-8-15(14)18-11)19-13-6-4-5-12(17)10-13/h2-10H,17H2,1H3. The number of hydrogen-bond donors (Lipinski definition) is 1. The zero-order valence-electron chi connectivity index (χ0n) is 10.6. The highest BCUT2D eigenvalue weighted by atomic mass is 16.5. The van der Waals surface area contributed by atoms with Gasteiger partial charge in [0.05, 0.1) is 5.52 Å². The Bertz CT molecular complexity index is 738. The van der Waals surface area contributed by atoms with Gasteiger partial charge in [0, 0.05) is 28.9 Å². The van der Waals surface area contributed by atoms with E-state index in [0.29, 0.717) is 5.69 Å². The van der Waals surface area contributed by atoms with E-state index < -0.39 is 0 Å². The summed E-state index contributed by atoms with van der Waals surface area (Å²) in [6.45, 7) is 1.96. The molecule has 2 aromatic carbocycles. The van der Waals surface area contributed by atoms with E-state index >= 15 is 0 Å². The Morgan fingerprint density at radius 1 is 1.00 bits per heavy atom. The molecular formula is C16H14N2O. The number of pyridine rings is 1. The highest BCUT2D eigenvalue weighted by molar-refractivity contribution is 5.85. The van der Waals surface area contributed by atoms with Crippen molar-refractivity contribution in [2.45, 2.75) is 6.92 Å². The number of para-hydroxylation sites is 1. The van der Waals surface area contributed by atoms with E-state index in [1.165, 1.54) is 0 Å². The number of aryl methyl sites for hydroxylation is 1. The normalized spacial score (nSPS) is 10.6. The van der Waals surface area contributed by atoms with E-state index in [4.69, 9.17) is 10.5 Å². The maximum Gasteiger partial charge on any atom is 0.138 e. The van der Waals surface area contributed by atoms with Gasteiger partial charge in [-0.25, -0.2) is 0 Å². The van der Waals surface area contributed by atoms with E-state index in [1.807, 2.05) is 61.5 Å². The molecule has 1 aromatic heterocycles. The lowest BCUT2D eigenvalue weighted by atomic mass is 10.2. The third-order valence-corrected chi connectivity index (χ3v) is 2.89. The van der Waals surface area contributed by atoms with Crippen molar-refractivity contribution >= 4 is 16.6 Å². The Balaban J connectivity index is 2.09. The number of anilines is 1. The van der Waals surface area contributed by atoms with Gasteiger partial charge in [-0.1, -0.05) is 18.2 Å². The number of ether oxygens (including phenoxy) is 1. The van der Waals surface area contributed by atoms with Crippen molar-refractivity contribution in [3.8, 4) is 11.5 Å². The molecule has 0 saturated heterocycles. The fraction of sp³-hybridized carbons (Fsp3) is 0.0625. The third-order valence-electron chi connectivity index (χ3n) is 2.89. The number of nitrogen functional groups attached to an aromatic ring is 1. The van der Waals surface area contributed by atoms with E-state index in [-0.39, 0.29) is 0 Å². The summed E-state index contributed by atoms with van der Waals surface area (Å²) in [5.74, 6) is 1.53. The van der Waals surface area contributed by atoms with Crippen LogP contribution in [0.15, 0.2) is 54.6 Å². The van der Waals surface area contributed by atoms with Crippen LogP contribution in [0.5, 0.6) is 11.5 Å². The van der Waals surface area contributed by atoms with Crippen LogP contribution in [0.25, 0.3) is 10.9 Å². The fourth-order valence-electron chi connectivity index (χ4n) is 2.06. The SMILES string of the molecule is Cc1cc(Oc2cccc(N)c2)c2ccccc2n1. The predicted molar refractivity (Wildman–Crippen MR) is 77.4 cm³/mol. The van der Waals surface area contributed by atoms with Crippen LogP contribution >= 0.6 is 0 Å². The molecule has 0 aliphatic carbocycles. The number of nitrogens with two attached hydrogens (primary N) is 1. The molecule has 2 N–H and O–H groups in total. The van der Waals surface area contributed by atoms with Crippen LogP contribution in [0.2, 0.25) is 0 Å². The zero-order chi connectivity index (χ0) is 13.2. The number of hydrogen-bond acceptors (Lipinski definition) is 3. The summed E-state index contributed by atoms with van der Waals surface area (Å²) in [5.41, 5.74) is 8.31. The highest BCUT2D eigenvalue weighted by Crippen LogP contribution is 2.30. The van der Waals surface area contributed by atoms with Gasteiger partial charge in [0.15, 0.2) is 0 Å². The third kappa shape index (κ3) is 2.36. The van der Waals surface area contributed by atoms with E-state index in [2.05, 4.69) is 4.98 Å². The summed E-state index contributed by atoms with van der Waals surface area (Å²) >= 11 is 0. The Labute approximate surface area is 111 Å². The minimum atomic E-state index is 0.688. The first kappa shape index (κ1) is 11.5. The molecular weight excluding hydrogens is 236 g/mol. The molecule has 0 bridgehead atoms. The second-order valence-corrected chi connectivity index (χ2v) is 4.45. The van der Waals surface area contributed by atoms with Gasteiger partial charge >= 0.3 is 0 Å². The molecule has 0 amide bonds. The predicted octanol–water partition coefficient (Wildman–Crippen LogP) is 3.92. The molecule has 0 radical (unpaired) electrons. The lowest BCUT2D eigenvalue weighted by Crippen LogP contribution is -1.91. The van der Waals surface area contributed by atoms with Crippen molar-refractivity contribution in [3.63, 3.8) is 0 Å². The minimum absolute atomic E-state index is 0.688. The molecule has 3 nitrogen and oxygen atoms in total. The highest BCUT2D eigenvalue weighted by Gasteiger charge is 2.06. The van der Waals surface area contributed by atoms with Gasteiger partial charge in [-0.2, -0.15) is 0 Å². The fourth-order valence-corrected chi connectivity index (χ4v) is 2.06. The molecule has 94 valence electrons. The van der Waals surface area contributed by atoms with Crippen LogP contribution in [-0.2, 0) is 0 Å². The van der Waals surface area contributed by atoms with Crippen LogP contribution in [0, 0.1) is 6.92 Å². The first-order valence-corrected chi connectivity index (χ1v) is 6.12. The number of benzene rings is 2. The molecule has 3 rings (SSSR count). The van der Waals surface area contributed by atoms with Crippen LogP contribution in [-0.4, -0.2) is 4.98 Å². The molecule has 3 aromatic rings. The summed E-state index contributed by atoms with van der Waals surface area (Å²) in [4.78, 5) is 4.49. The van der Waals surface area contributed by atoms with Gasteiger partial charge in [-0.3, -0.25) is 4.98 Å². The number of rotatable bonds is 2. The molecule has 0 aliphatic heterocycles. The molecule has 0 fully saturated rings. The number of fused-ring (bicyclic) bond motifs is 1. The van der Waals surface area contributed by atoms with Gasteiger partial charge in [-0.15, -0.1) is 0 Å². The molecule has 0 unspecified atom stereocenters. The lowest BCUT2D eigenvalue weighted by molar-refractivity contribution is 0.488. The summed E-state index contributed by atoms with van der Waals surface area (Å²) < 4.78 is 5.93. The number of aromatic nitrogens is 1. The van der Waals surface area contributed by atoms with Crippen molar-refractivity contribution in [2.24, 2.45) is 0 Å². The summed E-state index contributed by atoms with van der Waals surface area (Å²) in [7, 11) is 0. The van der Waals surface area contributed by atoms with Gasteiger partial charge < -0.3 is 10.5 Å². The molecule has 19 heavy (non-hydrogen) atoms. The van der Waals surface area contributed by atoms with Crippen molar-refractivity contribution in [1.82, 2.24) is 4.98 Å². The molecule has 1 heterocycles. The second-order valence-electron chi connectivity index (χ2n) is 4.45. The van der Waals surface area contributed by atoms with Gasteiger partial charge in [-0.05, 0) is 31.2 Å². The molecule has 0 spiro atoms. The van der Waals surface area contributed by atoms with Crippen molar-refractivity contribution in [2.75, 3.05) is 5.73 Å². The van der Waals surface area contributed by atoms with Crippen LogP contribution < -0.4 is 10.5 Å². The van der Waals surface area contributed by atoms with E-state index in [1.54, 1.807) is 0 Å². The van der Waals surface area contributed by atoms with Crippen molar-refractivity contribution < 1.29 is 4.74 Å². The summed E-state index contributed by atoms with van der Waals surface area (Å²) in [5, 5.41) is 0.996. The van der Waals surface area contributed by atoms with E-state index in [0.717, 1.165) is 28.1 Å². The second kappa shape index (κ2) is 4.61. The largest absolute Gasteiger partial charge is 0.457 e. The monoisotopic (exact) mass is 250 g/mol. The lowest BCUT2D eigenvalue weighted by Gasteiger charge is -2.10. The number of nitrogens with zero attached hydrogens (tertiary/aromatic N) is 1. The Morgan fingerprint density at radius 3 is 2.68 bits per heavy atom. The Hall–Kier alpha value is -2.55. The van der Waals surface area contributed by atoms with Crippen LogP contribution in [0.1, 0.15) is 5.69 Å². The van der Waals surface area contributed by atoms with E-state index in [9.17, 15) is 0 Å². The average molecular weight is 250 g/mol. The Kier molecular flexibility index (Phi) is 2.80. The zero-order valence-corrected chi connectivity index (χ0v) is 10.6. The van der Waals surface area contributed by atoms with Crippen molar-refractivity contribution in [3.05, 3.63) is 60.3 Å². The summed E-state index contributed by atoms with van der Waals surface area (Å²) in [6, 6.07) is 17.3. The van der Waals surface area contributed by atoms with Gasteiger partial charge in [0.2, 0.25) is 0 Å². The van der Waals surface area contributed by atoms with Crippen LogP contribution in [0.3, 0.4) is 0 Å². The maximum atomic E-state index is 5.93. The first-order chi connectivity index (χ1) is 9.22. The Morgan fingerprint density at radius 2 is 1.84 bits per heavy atom. The average Bonchev–Trinajstić information content (AvgIpc) is 2.38. The van der Waals surface area contributed by atoms with Gasteiger partial charge in [0.25, 0.3) is 0 Å². The summed E-state index contributed by atoms with van der Waals surface area (Å²) in [6.07, 6.45) is 0. The molecule has 0 aliphatic rings. The molecule has 0 atom stereocenters. The molecule has 3 heteroatoms. The van der Waals surface area contributed by atoms with Crippen LogP contribution in [0.4, 0.5) is 5.69 Å². The maximum absolute atomic E-state index is 5.93. The van der Waals surface area contributed by atoms with Crippen molar-refractivity contribution in [1.29, 1.82) is 0 Å². The van der Waals surface area contributed by atoms with Gasteiger partial charge in [0.1, 0.15) is 11.5 Å². The topological polar surface area (TPSA) is 48.1 Å². The minimum Gasteiger partial charge on any atom is -0.457 e. The smallest absolute Gasteiger partial charge is 0.138 e. The first-order valence-electron chi connectivity index (χ1n) is 6.12. The molecule has 0 saturated carbocycles.